The fourth-order valence-corrected chi connectivity index (χ4v) is 3.30. The van der Waals surface area contributed by atoms with Gasteiger partial charge in [-0.05, 0) is 44.2 Å². The third kappa shape index (κ3) is 4.28. The third-order valence-electron chi connectivity index (χ3n) is 3.59. The number of carbonyl (C=O) groups is 1. The van der Waals surface area contributed by atoms with Crippen molar-refractivity contribution in [2.24, 2.45) is 0 Å². The zero-order chi connectivity index (χ0) is 18.7. The third-order valence-corrected chi connectivity index (χ3v) is 4.81. The second-order valence-electron chi connectivity index (χ2n) is 5.53. The lowest BCUT2D eigenvalue weighted by molar-refractivity contribution is -0.115. The van der Waals surface area contributed by atoms with E-state index in [0.717, 1.165) is 22.8 Å². The molecule has 26 heavy (non-hydrogen) atoms. The molecule has 1 aromatic heterocycles. The summed E-state index contributed by atoms with van der Waals surface area (Å²) in [4.78, 5) is 19.9. The van der Waals surface area contributed by atoms with E-state index in [-0.39, 0.29) is 16.6 Å². The predicted octanol–water partition coefficient (Wildman–Crippen LogP) is 4.87. The highest BCUT2D eigenvalue weighted by atomic mass is 35.5. The van der Waals surface area contributed by atoms with E-state index in [9.17, 15) is 9.18 Å². The van der Waals surface area contributed by atoms with Crippen molar-refractivity contribution in [3.05, 3.63) is 47.2 Å². The van der Waals surface area contributed by atoms with E-state index in [1.165, 1.54) is 23.9 Å². The van der Waals surface area contributed by atoms with Crippen LogP contribution in [0.3, 0.4) is 0 Å². The molecule has 2 N–H and O–H groups in total. The molecular formula is C18H17ClFN3O2S. The topological polar surface area (TPSA) is 67.0 Å². The molecule has 0 bridgehead atoms. The first-order valence-corrected chi connectivity index (χ1v) is 9.27. The zero-order valence-electron chi connectivity index (χ0n) is 14.2. The van der Waals surface area contributed by atoms with Crippen molar-refractivity contribution in [2.75, 3.05) is 11.9 Å². The van der Waals surface area contributed by atoms with Crippen molar-refractivity contribution in [2.45, 2.75) is 24.3 Å². The molecule has 3 aromatic rings. The van der Waals surface area contributed by atoms with Crippen LogP contribution in [0.4, 0.5) is 10.1 Å². The smallest absolute Gasteiger partial charge is 0.237 e. The van der Waals surface area contributed by atoms with Crippen molar-refractivity contribution in [3.63, 3.8) is 0 Å². The summed E-state index contributed by atoms with van der Waals surface area (Å²) in [6.07, 6.45) is 0. The number of aromatic nitrogens is 2. The molecule has 1 unspecified atom stereocenters. The zero-order valence-corrected chi connectivity index (χ0v) is 15.7. The summed E-state index contributed by atoms with van der Waals surface area (Å²) in [6.45, 7) is 4.23. The van der Waals surface area contributed by atoms with Gasteiger partial charge >= 0.3 is 0 Å². The van der Waals surface area contributed by atoms with Gasteiger partial charge in [0.2, 0.25) is 5.91 Å². The van der Waals surface area contributed by atoms with E-state index >= 15 is 0 Å². The molecule has 0 fully saturated rings. The summed E-state index contributed by atoms with van der Waals surface area (Å²) in [5, 5.41) is 2.97. The van der Waals surface area contributed by atoms with Gasteiger partial charge in [0.1, 0.15) is 11.6 Å². The Bertz CT molecular complexity index is 947. The maximum absolute atomic E-state index is 13.8. The minimum Gasteiger partial charge on any atom is -0.494 e. The van der Waals surface area contributed by atoms with Gasteiger partial charge in [0.05, 0.1) is 28.6 Å². The quantitative estimate of drug-likeness (QED) is 0.586. The van der Waals surface area contributed by atoms with Crippen LogP contribution >= 0.6 is 23.4 Å². The first kappa shape index (κ1) is 18.5. The molecule has 1 amide bonds. The number of thioether (sulfide) groups is 1. The maximum atomic E-state index is 13.8. The summed E-state index contributed by atoms with van der Waals surface area (Å²) in [5.41, 5.74) is 1.71. The van der Waals surface area contributed by atoms with Gasteiger partial charge in [0, 0.05) is 11.1 Å². The number of H-pyrrole nitrogens is 1. The van der Waals surface area contributed by atoms with E-state index in [2.05, 4.69) is 15.3 Å². The standard InChI is InChI=1S/C18H17ClFN3O2S/c1-3-25-12-5-7-15-16(9-12)23-18(22-15)26-10(2)17(24)21-14-6-4-11(19)8-13(14)20/h4-10H,3H2,1-2H3,(H,21,24)(H,22,23). The molecule has 1 atom stereocenters. The Morgan fingerprint density at radius 3 is 2.92 bits per heavy atom. The molecule has 0 aliphatic carbocycles. The highest BCUT2D eigenvalue weighted by molar-refractivity contribution is 8.00. The fraction of sp³-hybridized carbons (Fsp3) is 0.222. The second-order valence-corrected chi connectivity index (χ2v) is 7.29. The average Bonchev–Trinajstić information content (AvgIpc) is 2.99. The van der Waals surface area contributed by atoms with Gasteiger partial charge in [-0.3, -0.25) is 4.79 Å². The number of carbonyl (C=O) groups excluding carboxylic acids is 1. The number of anilines is 1. The van der Waals surface area contributed by atoms with Crippen molar-refractivity contribution < 1.29 is 13.9 Å². The highest BCUT2D eigenvalue weighted by Crippen LogP contribution is 2.27. The normalized spacial score (nSPS) is 12.2. The molecule has 5 nitrogen and oxygen atoms in total. The molecular weight excluding hydrogens is 377 g/mol. The van der Waals surface area contributed by atoms with E-state index in [0.29, 0.717) is 11.8 Å². The summed E-state index contributed by atoms with van der Waals surface area (Å²) in [6, 6.07) is 9.68. The Morgan fingerprint density at radius 1 is 1.38 bits per heavy atom. The summed E-state index contributed by atoms with van der Waals surface area (Å²) in [7, 11) is 0. The molecule has 0 saturated carbocycles. The number of hydrogen-bond acceptors (Lipinski definition) is 4. The number of halogens is 2. The Labute approximate surface area is 159 Å². The van der Waals surface area contributed by atoms with Crippen LogP contribution in [0.25, 0.3) is 11.0 Å². The van der Waals surface area contributed by atoms with Crippen LogP contribution in [-0.2, 0) is 4.79 Å². The summed E-state index contributed by atoms with van der Waals surface area (Å²) < 4.78 is 19.3. The maximum Gasteiger partial charge on any atom is 0.237 e. The monoisotopic (exact) mass is 393 g/mol. The number of ether oxygens (including phenoxy) is 1. The number of fused-ring (bicyclic) bond motifs is 1. The SMILES string of the molecule is CCOc1ccc2nc(SC(C)C(=O)Nc3ccc(Cl)cc3F)[nH]c2c1. The van der Waals surface area contributed by atoms with Crippen LogP contribution in [-0.4, -0.2) is 27.7 Å². The molecule has 0 aliphatic rings. The fourth-order valence-electron chi connectivity index (χ4n) is 2.32. The molecule has 0 saturated heterocycles. The number of benzene rings is 2. The van der Waals surface area contributed by atoms with Crippen molar-refractivity contribution in [1.29, 1.82) is 0 Å². The average molecular weight is 394 g/mol. The lowest BCUT2D eigenvalue weighted by Crippen LogP contribution is -2.23. The molecule has 3 rings (SSSR count). The lowest BCUT2D eigenvalue weighted by Gasteiger charge is -2.11. The minimum absolute atomic E-state index is 0.0952. The van der Waals surface area contributed by atoms with Gasteiger partial charge in [0.15, 0.2) is 5.16 Å². The number of nitrogens with zero attached hydrogens (tertiary/aromatic N) is 1. The van der Waals surface area contributed by atoms with Crippen LogP contribution in [0, 0.1) is 5.82 Å². The number of imidazole rings is 1. The van der Waals surface area contributed by atoms with Gasteiger partial charge < -0.3 is 15.0 Å². The van der Waals surface area contributed by atoms with E-state index in [1.807, 2.05) is 25.1 Å². The number of rotatable bonds is 6. The Hall–Kier alpha value is -2.25. The van der Waals surface area contributed by atoms with E-state index in [4.69, 9.17) is 16.3 Å². The van der Waals surface area contributed by atoms with Crippen LogP contribution in [0.5, 0.6) is 5.75 Å². The largest absolute Gasteiger partial charge is 0.494 e. The van der Waals surface area contributed by atoms with E-state index < -0.39 is 11.1 Å². The van der Waals surface area contributed by atoms with Crippen LogP contribution in [0.2, 0.25) is 5.02 Å². The number of amides is 1. The van der Waals surface area contributed by atoms with Crippen LogP contribution in [0.15, 0.2) is 41.6 Å². The first-order chi connectivity index (χ1) is 12.5. The molecule has 0 radical (unpaired) electrons. The van der Waals surface area contributed by atoms with Crippen molar-refractivity contribution in [1.82, 2.24) is 9.97 Å². The predicted molar refractivity (Wildman–Crippen MR) is 103 cm³/mol. The van der Waals surface area contributed by atoms with Gasteiger partial charge in [-0.1, -0.05) is 23.4 Å². The molecule has 0 aliphatic heterocycles. The number of nitrogens with one attached hydrogen (secondary N) is 2. The molecule has 2 aromatic carbocycles. The minimum atomic E-state index is -0.574. The molecule has 1 heterocycles. The first-order valence-electron chi connectivity index (χ1n) is 8.01. The Balaban J connectivity index is 1.69. The Morgan fingerprint density at radius 2 is 2.19 bits per heavy atom. The molecule has 136 valence electrons. The van der Waals surface area contributed by atoms with Crippen LogP contribution in [0.1, 0.15) is 13.8 Å². The van der Waals surface area contributed by atoms with Gasteiger partial charge in [-0.25, -0.2) is 9.37 Å². The molecule has 8 heteroatoms. The van der Waals surface area contributed by atoms with Gasteiger partial charge in [0.25, 0.3) is 0 Å². The van der Waals surface area contributed by atoms with Crippen molar-refractivity contribution >= 4 is 46.0 Å². The highest BCUT2D eigenvalue weighted by Gasteiger charge is 2.18. The van der Waals surface area contributed by atoms with E-state index in [1.54, 1.807) is 6.92 Å². The second kappa shape index (κ2) is 7.97. The number of aromatic amines is 1. The number of hydrogen-bond donors (Lipinski definition) is 2. The lowest BCUT2D eigenvalue weighted by atomic mass is 10.3. The Kier molecular flexibility index (Phi) is 5.68. The summed E-state index contributed by atoms with van der Waals surface area (Å²) in [5.74, 6) is -0.147. The molecule has 0 spiro atoms. The van der Waals surface area contributed by atoms with Gasteiger partial charge in [-0.2, -0.15) is 0 Å². The summed E-state index contributed by atoms with van der Waals surface area (Å²) >= 11 is 6.97. The van der Waals surface area contributed by atoms with Crippen LogP contribution < -0.4 is 10.1 Å². The van der Waals surface area contributed by atoms with Gasteiger partial charge in [-0.15, -0.1) is 0 Å². The van der Waals surface area contributed by atoms with Crippen molar-refractivity contribution in [3.8, 4) is 5.75 Å².